The minimum Gasteiger partial charge on any atom is -0.356 e. The summed E-state index contributed by atoms with van der Waals surface area (Å²) in [5.41, 5.74) is 0. The number of aromatic nitrogens is 4. The van der Waals surface area contributed by atoms with Gasteiger partial charge < -0.3 is 10.2 Å². The van der Waals surface area contributed by atoms with Crippen molar-refractivity contribution in [2.24, 2.45) is 11.8 Å². The van der Waals surface area contributed by atoms with Crippen LogP contribution in [-0.4, -0.2) is 58.5 Å². The number of rotatable bonds is 1. The Bertz CT molecular complexity index is 886. The van der Waals surface area contributed by atoms with Crippen molar-refractivity contribution < 1.29 is 26.3 Å². The van der Waals surface area contributed by atoms with Gasteiger partial charge in [-0.05, 0) is 38.8 Å². The molecule has 0 unspecified atom stereocenters. The molecule has 15 heteroatoms. The third-order valence-electron chi connectivity index (χ3n) is 5.30. The summed E-state index contributed by atoms with van der Waals surface area (Å²) in [5.74, 6) is -1.67. The zero-order chi connectivity index (χ0) is 26.1. The average molecular weight is 568 g/mol. The SMILES string of the molecule is Clc1cc(Cl)ncn1.FC(F)(F)C1CCN(c2cc(Cl)ncn2)CC1.FC(F)(F)C1CCNCC1. The number of anilines is 1. The summed E-state index contributed by atoms with van der Waals surface area (Å²) in [5, 5.41) is 3.92. The first-order valence-electron chi connectivity index (χ1n) is 10.6. The number of piperidine rings is 2. The van der Waals surface area contributed by atoms with Crippen molar-refractivity contribution in [1.29, 1.82) is 0 Å². The molecule has 0 atom stereocenters. The minimum absolute atomic E-state index is 0.102. The van der Waals surface area contributed by atoms with E-state index in [1.54, 1.807) is 11.0 Å². The third-order valence-corrected chi connectivity index (χ3v) is 5.92. The van der Waals surface area contributed by atoms with E-state index in [0.717, 1.165) is 0 Å². The number of nitrogens with one attached hydrogen (secondary N) is 1. The van der Waals surface area contributed by atoms with Crippen LogP contribution >= 0.6 is 34.8 Å². The molecule has 6 nitrogen and oxygen atoms in total. The van der Waals surface area contributed by atoms with Gasteiger partial charge in [0.1, 0.15) is 33.9 Å². The van der Waals surface area contributed by atoms with Crippen molar-refractivity contribution >= 4 is 40.6 Å². The highest BCUT2D eigenvalue weighted by Gasteiger charge is 2.41. The predicted octanol–water partition coefficient (Wildman–Crippen LogP) is 6.24. The van der Waals surface area contributed by atoms with Gasteiger partial charge in [-0.15, -0.1) is 0 Å². The van der Waals surface area contributed by atoms with Crippen LogP contribution in [0.25, 0.3) is 0 Å². The summed E-state index contributed by atoms with van der Waals surface area (Å²) in [6.45, 7) is 1.70. The second-order valence-corrected chi connectivity index (χ2v) is 8.89. The number of hydrogen-bond donors (Lipinski definition) is 1. The lowest BCUT2D eigenvalue weighted by molar-refractivity contribution is -0.180. The number of halogens is 9. The van der Waals surface area contributed by atoms with Gasteiger partial charge in [-0.1, -0.05) is 34.8 Å². The van der Waals surface area contributed by atoms with Gasteiger partial charge in [0.25, 0.3) is 0 Å². The number of nitrogens with zero attached hydrogens (tertiary/aromatic N) is 5. The molecule has 4 rings (SSSR count). The van der Waals surface area contributed by atoms with Crippen LogP contribution in [0, 0.1) is 11.8 Å². The van der Waals surface area contributed by atoms with E-state index < -0.39 is 24.2 Å². The Hall–Kier alpha value is -1.63. The predicted molar refractivity (Wildman–Crippen MR) is 122 cm³/mol. The summed E-state index contributed by atoms with van der Waals surface area (Å²) in [7, 11) is 0. The standard InChI is InChI=1S/C10H11ClF3N3.C6H10F3N.C4H2Cl2N2/c11-8-5-9(16-6-15-8)17-3-1-7(2-4-17)10(12,13)14;7-6(8,9)5-1-3-10-4-2-5;5-3-1-4(6)8-2-7-3/h5-7H,1-4H2;5,10H,1-4H2;1-2H. The second-order valence-electron chi connectivity index (χ2n) is 7.73. The van der Waals surface area contributed by atoms with Crippen LogP contribution in [0.15, 0.2) is 24.8 Å². The minimum atomic E-state index is -4.09. The molecule has 1 N–H and O–H groups in total. The molecule has 35 heavy (non-hydrogen) atoms. The van der Waals surface area contributed by atoms with E-state index in [0.29, 0.717) is 47.5 Å². The molecule has 0 aromatic carbocycles. The molecule has 2 aromatic heterocycles. The highest BCUT2D eigenvalue weighted by Crippen LogP contribution is 2.35. The fourth-order valence-electron chi connectivity index (χ4n) is 3.39. The van der Waals surface area contributed by atoms with Crippen molar-refractivity contribution in [2.45, 2.75) is 38.0 Å². The lowest BCUT2D eigenvalue weighted by Crippen LogP contribution is -2.39. The van der Waals surface area contributed by atoms with Crippen LogP contribution in [0.2, 0.25) is 15.5 Å². The molecule has 0 aliphatic carbocycles. The van der Waals surface area contributed by atoms with E-state index in [1.807, 2.05) is 0 Å². The Morgan fingerprint density at radius 1 is 0.686 bits per heavy atom. The molecule has 2 aliphatic heterocycles. The number of hydrogen-bond acceptors (Lipinski definition) is 6. The maximum atomic E-state index is 12.5. The Morgan fingerprint density at radius 2 is 1.11 bits per heavy atom. The maximum absolute atomic E-state index is 12.5. The van der Waals surface area contributed by atoms with E-state index >= 15 is 0 Å². The van der Waals surface area contributed by atoms with E-state index in [4.69, 9.17) is 34.8 Å². The van der Waals surface area contributed by atoms with Gasteiger partial charge in [-0.3, -0.25) is 0 Å². The smallest absolute Gasteiger partial charge is 0.356 e. The summed E-state index contributed by atoms with van der Waals surface area (Å²) in [6.07, 6.45) is -4.75. The van der Waals surface area contributed by atoms with E-state index in [-0.39, 0.29) is 25.7 Å². The van der Waals surface area contributed by atoms with Crippen LogP contribution in [-0.2, 0) is 0 Å². The monoisotopic (exact) mass is 566 g/mol. The lowest BCUT2D eigenvalue weighted by Gasteiger charge is -2.33. The van der Waals surface area contributed by atoms with Crippen LogP contribution in [0.5, 0.6) is 0 Å². The average Bonchev–Trinajstić information content (AvgIpc) is 2.79. The maximum Gasteiger partial charge on any atom is 0.391 e. The normalized spacial score (nSPS) is 17.7. The Morgan fingerprint density at radius 3 is 1.49 bits per heavy atom. The van der Waals surface area contributed by atoms with Gasteiger partial charge >= 0.3 is 12.4 Å². The van der Waals surface area contributed by atoms with E-state index in [2.05, 4.69) is 25.3 Å². The van der Waals surface area contributed by atoms with Gasteiger partial charge in [0, 0.05) is 25.2 Å². The highest BCUT2D eigenvalue weighted by molar-refractivity contribution is 6.33. The van der Waals surface area contributed by atoms with Crippen molar-refractivity contribution in [3.63, 3.8) is 0 Å². The molecule has 2 saturated heterocycles. The van der Waals surface area contributed by atoms with Crippen molar-refractivity contribution in [3.8, 4) is 0 Å². The molecule has 2 aliphatic rings. The molecular formula is C20H23Cl3F6N6. The third kappa shape index (κ3) is 10.9. The lowest BCUT2D eigenvalue weighted by atomic mass is 9.96. The largest absolute Gasteiger partial charge is 0.391 e. The van der Waals surface area contributed by atoms with Gasteiger partial charge in [0.15, 0.2) is 0 Å². The molecule has 0 radical (unpaired) electrons. The van der Waals surface area contributed by atoms with Crippen molar-refractivity contribution in [2.75, 3.05) is 31.1 Å². The van der Waals surface area contributed by atoms with Crippen LogP contribution < -0.4 is 10.2 Å². The molecule has 2 aromatic rings. The molecule has 0 saturated carbocycles. The van der Waals surface area contributed by atoms with Crippen LogP contribution in [0.4, 0.5) is 32.2 Å². The molecule has 0 bridgehead atoms. The Kier molecular flexibility index (Phi) is 11.5. The molecule has 4 heterocycles. The fraction of sp³-hybridized carbons (Fsp3) is 0.600. The van der Waals surface area contributed by atoms with Gasteiger partial charge in [-0.2, -0.15) is 26.3 Å². The zero-order valence-corrected chi connectivity index (χ0v) is 20.5. The molecule has 196 valence electrons. The van der Waals surface area contributed by atoms with E-state index in [1.165, 1.54) is 18.7 Å². The summed E-state index contributed by atoms with van der Waals surface area (Å²) in [6, 6.07) is 3.04. The molecular weight excluding hydrogens is 545 g/mol. The molecule has 0 amide bonds. The molecule has 2 fully saturated rings. The number of alkyl halides is 6. The van der Waals surface area contributed by atoms with Crippen LogP contribution in [0.1, 0.15) is 25.7 Å². The van der Waals surface area contributed by atoms with Gasteiger partial charge in [0.2, 0.25) is 0 Å². The summed E-state index contributed by atoms with van der Waals surface area (Å²) in [4.78, 5) is 16.8. The van der Waals surface area contributed by atoms with Crippen molar-refractivity contribution in [1.82, 2.24) is 25.3 Å². The Labute approximate surface area is 213 Å². The van der Waals surface area contributed by atoms with Gasteiger partial charge in [0.05, 0.1) is 11.8 Å². The second kappa shape index (κ2) is 13.6. The van der Waals surface area contributed by atoms with Gasteiger partial charge in [-0.25, -0.2) is 19.9 Å². The first kappa shape index (κ1) is 29.6. The topological polar surface area (TPSA) is 66.8 Å². The Balaban J connectivity index is 0.000000204. The van der Waals surface area contributed by atoms with E-state index in [9.17, 15) is 26.3 Å². The molecule has 0 spiro atoms. The first-order valence-corrected chi connectivity index (χ1v) is 11.7. The fourth-order valence-corrected chi connectivity index (χ4v) is 3.89. The van der Waals surface area contributed by atoms with Crippen LogP contribution in [0.3, 0.4) is 0 Å². The van der Waals surface area contributed by atoms with Crippen molar-refractivity contribution in [3.05, 3.63) is 40.2 Å². The zero-order valence-electron chi connectivity index (χ0n) is 18.3. The summed E-state index contributed by atoms with van der Waals surface area (Å²) < 4.78 is 73.1. The summed E-state index contributed by atoms with van der Waals surface area (Å²) >= 11 is 16.5. The highest BCUT2D eigenvalue weighted by atomic mass is 35.5. The quantitative estimate of drug-likeness (QED) is 0.325. The first-order chi connectivity index (χ1) is 16.4.